The molecule has 1 saturated heterocycles. The lowest BCUT2D eigenvalue weighted by atomic mass is 10.0. The first-order chi connectivity index (χ1) is 10.5. The van der Waals surface area contributed by atoms with Gasteiger partial charge in [0.05, 0.1) is 23.2 Å². The van der Waals surface area contributed by atoms with Crippen LogP contribution in [0.25, 0.3) is 5.69 Å². The number of nitrogens with one attached hydrogen (secondary N) is 1. The molecule has 1 fully saturated rings. The summed E-state index contributed by atoms with van der Waals surface area (Å²) in [6, 6.07) is 6.28. The number of aliphatic hydroxyl groups is 1. The first kappa shape index (κ1) is 15.5. The average Bonchev–Trinajstić information content (AvgIpc) is 3.07. The van der Waals surface area contributed by atoms with Crippen molar-refractivity contribution in [1.29, 1.82) is 0 Å². The van der Waals surface area contributed by atoms with E-state index in [-0.39, 0.29) is 0 Å². The molecule has 3 rings (SSSR count). The maximum absolute atomic E-state index is 10.3. The van der Waals surface area contributed by atoms with Gasteiger partial charge < -0.3 is 10.4 Å². The van der Waals surface area contributed by atoms with Crippen LogP contribution in [0.5, 0.6) is 0 Å². The summed E-state index contributed by atoms with van der Waals surface area (Å²) in [6.45, 7) is 5.37. The number of aryl methyl sites for hydroxylation is 2. The van der Waals surface area contributed by atoms with Gasteiger partial charge in [-0.1, -0.05) is 6.07 Å². The summed E-state index contributed by atoms with van der Waals surface area (Å²) in [7, 11) is 0. The van der Waals surface area contributed by atoms with E-state index in [2.05, 4.69) is 47.6 Å². The van der Waals surface area contributed by atoms with Crippen molar-refractivity contribution in [3.8, 4) is 5.69 Å². The fraction of sp³-hybridized carbons (Fsp3) is 0.500. The molecule has 1 aromatic carbocycles. The number of nitrogens with zero attached hydrogens (tertiary/aromatic N) is 3. The SMILES string of the molecule is Cc1cc(C)cc(-n2ncc(CNCC3(O)CCSC3)n2)c1. The summed E-state index contributed by atoms with van der Waals surface area (Å²) in [6.07, 6.45) is 2.64. The van der Waals surface area contributed by atoms with Crippen molar-refractivity contribution in [2.45, 2.75) is 32.4 Å². The summed E-state index contributed by atoms with van der Waals surface area (Å²) >= 11 is 1.81. The number of hydrogen-bond donors (Lipinski definition) is 2. The number of aromatic nitrogens is 3. The molecule has 1 unspecified atom stereocenters. The van der Waals surface area contributed by atoms with Crippen molar-refractivity contribution in [3.05, 3.63) is 41.2 Å². The Labute approximate surface area is 135 Å². The minimum atomic E-state index is -0.561. The first-order valence-electron chi connectivity index (χ1n) is 7.55. The van der Waals surface area contributed by atoms with E-state index in [0.717, 1.165) is 29.3 Å². The Morgan fingerprint density at radius 2 is 2.09 bits per heavy atom. The Balaban J connectivity index is 1.61. The van der Waals surface area contributed by atoms with Gasteiger partial charge >= 0.3 is 0 Å². The molecule has 22 heavy (non-hydrogen) atoms. The van der Waals surface area contributed by atoms with Crippen LogP contribution in [0.1, 0.15) is 23.2 Å². The quantitative estimate of drug-likeness (QED) is 0.881. The maximum atomic E-state index is 10.3. The smallest absolute Gasteiger partial charge is 0.0969 e. The van der Waals surface area contributed by atoms with Gasteiger partial charge in [-0.2, -0.15) is 26.8 Å². The fourth-order valence-corrected chi connectivity index (χ4v) is 4.02. The number of rotatable bonds is 5. The number of hydrogen-bond acceptors (Lipinski definition) is 5. The third kappa shape index (κ3) is 3.69. The molecule has 2 N–H and O–H groups in total. The normalized spacial score (nSPS) is 21.4. The van der Waals surface area contributed by atoms with Gasteiger partial charge in [-0.05, 0) is 49.3 Å². The summed E-state index contributed by atoms with van der Waals surface area (Å²) in [4.78, 5) is 1.66. The van der Waals surface area contributed by atoms with Crippen molar-refractivity contribution >= 4 is 11.8 Å². The van der Waals surface area contributed by atoms with Gasteiger partial charge in [-0.15, -0.1) is 0 Å². The van der Waals surface area contributed by atoms with Gasteiger partial charge in [0.15, 0.2) is 0 Å². The molecule has 0 bridgehead atoms. The lowest BCUT2D eigenvalue weighted by molar-refractivity contribution is 0.0674. The van der Waals surface area contributed by atoms with Crippen LogP contribution in [0.4, 0.5) is 0 Å². The zero-order valence-electron chi connectivity index (χ0n) is 13.0. The topological polar surface area (TPSA) is 63.0 Å². The van der Waals surface area contributed by atoms with Crippen LogP contribution >= 0.6 is 11.8 Å². The molecule has 2 heterocycles. The standard InChI is InChI=1S/C16H22N4OS/c1-12-5-13(2)7-15(6-12)20-18-9-14(19-20)8-17-10-16(21)3-4-22-11-16/h5-7,9,17,21H,3-4,8,10-11H2,1-2H3. The summed E-state index contributed by atoms with van der Waals surface area (Å²) in [5.74, 6) is 1.86. The highest BCUT2D eigenvalue weighted by Gasteiger charge is 2.31. The molecule has 0 radical (unpaired) electrons. The Bertz CT molecular complexity index is 629. The van der Waals surface area contributed by atoms with Crippen LogP contribution in [0, 0.1) is 13.8 Å². The zero-order chi connectivity index (χ0) is 15.6. The second kappa shape index (κ2) is 6.40. The lowest BCUT2D eigenvalue weighted by Gasteiger charge is -2.21. The van der Waals surface area contributed by atoms with Gasteiger partial charge in [-0.25, -0.2) is 0 Å². The monoisotopic (exact) mass is 318 g/mol. The molecule has 1 aromatic heterocycles. The third-order valence-electron chi connectivity index (χ3n) is 3.82. The Morgan fingerprint density at radius 3 is 2.77 bits per heavy atom. The van der Waals surface area contributed by atoms with E-state index < -0.39 is 5.60 Å². The molecule has 1 atom stereocenters. The second-order valence-electron chi connectivity index (χ2n) is 6.10. The van der Waals surface area contributed by atoms with Gasteiger partial charge in [0.2, 0.25) is 0 Å². The van der Waals surface area contributed by atoms with Crippen LogP contribution < -0.4 is 5.32 Å². The number of thioether (sulfide) groups is 1. The van der Waals surface area contributed by atoms with E-state index in [1.807, 2.05) is 11.8 Å². The van der Waals surface area contributed by atoms with Crippen molar-refractivity contribution in [3.63, 3.8) is 0 Å². The van der Waals surface area contributed by atoms with E-state index in [1.165, 1.54) is 11.1 Å². The molecular weight excluding hydrogens is 296 g/mol. The zero-order valence-corrected chi connectivity index (χ0v) is 13.9. The first-order valence-corrected chi connectivity index (χ1v) is 8.70. The molecule has 1 aliphatic heterocycles. The van der Waals surface area contributed by atoms with Gasteiger partial charge in [0.25, 0.3) is 0 Å². The lowest BCUT2D eigenvalue weighted by Crippen LogP contribution is -2.40. The van der Waals surface area contributed by atoms with Crippen LogP contribution in [-0.2, 0) is 6.54 Å². The summed E-state index contributed by atoms with van der Waals surface area (Å²) in [5, 5.41) is 22.4. The van der Waals surface area contributed by atoms with E-state index in [0.29, 0.717) is 13.1 Å². The van der Waals surface area contributed by atoms with Crippen molar-refractivity contribution in [2.24, 2.45) is 0 Å². The molecule has 6 heteroatoms. The highest BCUT2D eigenvalue weighted by atomic mass is 32.2. The summed E-state index contributed by atoms with van der Waals surface area (Å²) < 4.78 is 0. The van der Waals surface area contributed by atoms with Gasteiger partial charge in [0, 0.05) is 18.8 Å². The molecule has 0 amide bonds. The molecule has 0 saturated carbocycles. The third-order valence-corrected chi connectivity index (χ3v) is 5.05. The predicted octanol–water partition coefficient (Wildman–Crippen LogP) is 1.84. The minimum Gasteiger partial charge on any atom is -0.388 e. The molecule has 2 aromatic rings. The Hall–Kier alpha value is -1.37. The highest BCUT2D eigenvalue weighted by Crippen LogP contribution is 2.26. The van der Waals surface area contributed by atoms with Crippen LogP contribution in [0.3, 0.4) is 0 Å². The van der Waals surface area contributed by atoms with Crippen LogP contribution in [0.2, 0.25) is 0 Å². The predicted molar refractivity (Wildman–Crippen MR) is 89.4 cm³/mol. The molecule has 118 valence electrons. The Morgan fingerprint density at radius 1 is 1.32 bits per heavy atom. The minimum absolute atomic E-state index is 0.561. The Kier molecular flexibility index (Phi) is 4.52. The van der Waals surface area contributed by atoms with Crippen molar-refractivity contribution in [2.75, 3.05) is 18.1 Å². The second-order valence-corrected chi connectivity index (χ2v) is 7.21. The average molecular weight is 318 g/mol. The molecule has 0 spiro atoms. The molecular formula is C16H22N4OS. The van der Waals surface area contributed by atoms with E-state index in [4.69, 9.17) is 0 Å². The molecule has 1 aliphatic rings. The van der Waals surface area contributed by atoms with Gasteiger partial charge in [-0.3, -0.25) is 0 Å². The van der Waals surface area contributed by atoms with Crippen LogP contribution in [0.15, 0.2) is 24.4 Å². The van der Waals surface area contributed by atoms with E-state index in [9.17, 15) is 5.11 Å². The maximum Gasteiger partial charge on any atom is 0.0969 e. The molecule has 5 nitrogen and oxygen atoms in total. The van der Waals surface area contributed by atoms with Crippen LogP contribution in [-0.4, -0.2) is 43.8 Å². The largest absolute Gasteiger partial charge is 0.388 e. The van der Waals surface area contributed by atoms with Crippen molar-refractivity contribution < 1.29 is 5.11 Å². The fourth-order valence-electron chi connectivity index (χ4n) is 2.73. The molecule has 0 aliphatic carbocycles. The van der Waals surface area contributed by atoms with E-state index in [1.54, 1.807) is 11.0 Å². The summed E-state index contributed by atoms with van der Waals surface area (Å²) in [5.41, 5.74) is 3.71. The highest BCUT2D eigenvalue weighted by molar-refractivity contribution is 7.99. The van der Waals surface area contributed by atoms with Gasteiger partial charge in [0.1, 0.15) is 0 Å². The number of benzene rings is 1. The van der Waals surface area contributed by atoms with Crippen molar-refractivity contribution in [1.82, 2.24) is 20.3 Å². The van der Waals surface area contributed by atoms with E-state index >= 15 is 0 Å².